The molecule has 5 amide bonds. The molecule has 1 unspecified atom stereocenters. The fourth-order valence-electron chi connectivity index (χ4n) is 5.70. The molecule has 3 heterocycles. The van der Waals surface area contributed by atoms with Crippen molar-refractivity contribution >= 4 is 35.5 Å². The zero-order valence-corrected chi connectivity index (χ0v) is 29.2. The number of aliphatic hydroxyl groups is 1. The quantitative estimate of drug-likeness (QED) is 0.161. The number of likely N-dealkylation sites (tertiary alicyclic amines) is 2. The highest BCUT2D eigenvalue weighted by molar-refractivity contribution is 5.88. The topological polar surface area (TPSA) is 242 Å². The maximum atomic E-state index is 11.7. The van der Waals surface area contributed by atoms with E-state index in [1.165, 1.54) is 6.08 Å². The van der Waals surface area contributed by atoms with Gasteiger partial charge in [-0.15, -0.1) is 0 Å². The van der Waals surface area contributed by atoms with Gasteiger partial charge in [0.25, 0.3) is 0 Å². The van der Waals surface area contributed by atoms with E-state index in [2.05, 4.69) is 18.6 Å². The van der Waals surface area contributed by atoms with E-state index in [-0.39, 0.29) is 53.3 Å². The molecule has 0 saturated carbocycles. The second-order valence-electron chi connectivity index (χ2n) is 12.1. The van der Waals surface area contributed by atoms with E-state index in [0.717, 1.165) is 38.5 Å². The highest BCUT2D eigenvalue weighted by Crippen LogP contribution is 2.26. The summed E-state index contributed by atoms with van der Waals surface area (Å²) in [7, 11) is 0. The predicted molar refractivity (Wildman–Crippen MR) is 205 cm³/mol. The van der Waals surface area contributed by atoms with Crippen LogP contribution in [0.3, 0.4) is 0 Å². The maximum absolute atomic E-state index is 11.7. The monoisotopic (exact) mass is 733 g/mol. The van der Waals surface area contributed by atoms with Crippen molar-refractivity contribution in [2.24, 2.45) is 34.8 Å². The Bertz CT molecular complexity index is 1020. The highest BCUT2D eigenvalue weighted by Gasteiger charge is 2.36. The molecule has 3 aliphatic rings. The van der Waals surface area contributed by atoms with Gasteiger partial charge >= 0.3 is 5.97 Å². The summed E-state index contributed by atoms with van der Waals surface area (Å²) in [5.74, 6) is -0.644. The minimum atomic E-state index is -0.979. The molecule has 2 fully saturated rings. The van der Waals surface area contributed by atoms with Crippen LogP contribution in [0.4, 0.5) is 0 Å². The number of hydrogen-bond donors (Lipinski definition) is 5. The van der Waals surface area contributed by atoms with Crippen LogP contribution in [0.25, 0.3) is 0 Å². The molecule has 14 nitrogen and oxygen atoms in total. The van der Waals surface area contributed by atoms with Gasteiger partial charge in [0.15, 0.2) is 0 Å². The standard InChI is InChI=1S/2C11H20N2O2.C7H10O3.C4H10N2O.4CH4/c2*1-3-5-8-6-10(14)13(7-8)9(4-2)11(12)15;1-2-3-5-4-6(8)10-7(5)9;1-2-3(5)4(6)7;;;;/h2*8-9H,3-7H2,1-2H3,(H2,12,15);4,7,9H,2-3H2,1H3;3H,2,5H2,1H3,(H2,6,7);4*1H4/t8-,9+;8-,9-;;3-;;;;/m10.0..../s1. The molecule has 6 atom stereocenters. The molecule has 3 aliphatic heterocycles. The van der Waals surface area contributed by atoms with Gasteiger partial charge in [0.1, 0.15) is 12.1 Å². The van der Waals surface area contributed by atoms with Gasteiger partial charge in [-0.3, -0.25) is 24.0 Å². The molecular weight excluding hydrogens is 656 g/mol. The lowest BCUT2D eigenvalue weighted by Crippen LogP contribution is -2.45. The fourth-order valence-corrected chi connectivity index (χ4v) is 5.70. The van der Waals surface area contributed by atoms with Crippen LogP contribution < -0.4 is 22.9 Å². The lowest BCUT2D eigenvalue weighted by molar-refractivity contribution is -0.151. The van der Waals surface area contributed by atoms with Gasteiger partial charge in [-0.1, -0.05) is 90.5 Å². The lowest BCUT2D eigenvalue weighted by Gasteiger charge is -2.24. The minimum Gasteiger partial charge on any atom is -0.429 e. The molecule has 0 aromatic heterocycles. The number of amides is 5. The number of esters is 1. The van der Waals surface area contributed by atoms with Gasteiger partial charge in [0, 0.05) is 37.6 Å². The first-order chi connectivity index (χ1) is 22.1. The molecule has 9 N–H and O–H groups in total. The molecular formula is C37H76N6O8. The normalized spacial score (nSPS) is 20.3. The molecule has 0 radical (unpaired) electrons. The first-order valence-electron chi connectivity index (χ1n) is 16.9. The van der Waals surface area contributed by atoms with Gasteiger partial charge in [-0.05, 0) is 50.4 Å². The van der Waals surface area contributed by atoms with Crippen molar-refractivity contribution in [3.8, 4) is 0 Å². The number of nitrogens with zero attached hydrogens (tertiary/aromatic N) is 2. The second-order valence-corrected chi connectivity index (χ2v) is 12.1. The van der Waals surface area contributed by atoms with Gasteiger partial charge in [0.05, 0.1) is 6.04 Å². The number of carbonyl (C=O) groups excluding carboxylic acids is 6. The van der Waals surface area contributed by atoms with E-state index in [1.54, 1.807) is 9.80 Å². The molecule has 14 heteroatoms. The summed E-state index contributed by atoms with van der Waals surface area (Å²) in [4.78, 5) is 69.5. The number of primary amides is 3. The Hall–Kier alpha value is -3.52. The van der Waals surface area contributed by atoms with Crippen LogP contribution in [-0.4, -0.2) is 87.9 Å². The zero-order valence-electron chi connectivity index (χ0n) is 29.2. The highest BCUT2D eigenvalue weighted by atomic mass is 16.6. The third-order valence-corrected chi connectivity index (χ3v) is 8.25. The Morgan fingerprint density at radius 3 is 1.33 bits per heavy atom. The molecule has 0 bridgehead atoms. The average Bonchev–Trinajstić information content (AvgIpc) is 3.65. The van der Waals surface area contributed by atoms with Crippen molar-refractivity contribution in [1.29, 1.82) is 0 Å². The lowest BCUT2D eigenvalue weighted by atomic mass is 10.0. The molecule has 51 heavy (non-hydrogen) atoms. The number of rotatable bonds is 14. The van der Waals surface area contributed by atoms with E-state index in [9.17, 15) is 28.8 Å². The number of ether oxygens (including phenoxy) is 1. The summed E-state index contributed by atoms with van der Waals surface area (Å²) >= 11 is 0. The van der Waals surface area contributed by atoms with Crippen molar-refractivity contribution in [2.75, 3.05) is 13.1 Å². The number of carbonyl (C=O) groups is 6. The van der Waals surface area contributed by atoms with Gasteiger partial charge in [0.2, 0.25) is 35.8 Å². The summed E-state index contributed by atoms with van der Waals surface area (Å²) in [6.07, 6.45) is 9.30. The van der Waals surface area contributed by atoms with E-state index in [1.807, 2.05) is 27.7 Å². The summed E-state index contributed by atoms with van der Waals surface area (Å²) in [5, 5.41) is 8.98. The van der Waals surface area contributed by atoms with Crippen LogP contribution in [0.1, 0.15) is 142 Å². The Labute approximate surface area is 309 Å². The third kappa shape index (κ3) is 20.2. The summed E-state index contributed by atoms with van der Waals surface area (Å²) < 4.78 is 4.45. The number of cyclic esters (lactones) is 1. The predicted octanol–water partition coefficient (Wildman–Crippen LogP) is 4.14. The maximum Gasteiger partial charge on any atom is 0.333 e. The molecule has 3 rings (SSSR count). The number of nitrogens with two attached hydrogens (primary N) is 4. The van der Waals surface area contributed by atoms with Crippen molar-refractivity contribution in [2.45, 2.75) is 166 Å². The summed E-state index contributed by atoms with van der Waals surface area (Å²) in [6, 6.07) is -1.27. The fraction of sp³-hybridized carbons (Fsp3) is 0.784. The molecule has 0 aliphatic carbocycles. The van der Waals surface area contributed by atoms with Gasteiger partial charge in [-0.2, -0.15) is 0 Å². The molecule has 0 spiro atoms. The van der Waals surface area contributed by atoms with Gasteiger partial charge < -0.3 is 42.6 Å². The zero-order chi connectivity index (χ0) is 36.3. The Kier molecular flexibility index (Phi) is 33.6. The van der Waals surface area contributed by atoms with E-state index in [4.69, 9.17) is 28.0 Å². The van der Waals surface area contributed by atoms with Crippen LogP contribution in [0.2, 0.25) is 0 Å². The smallest absolute Gasteiger partial charge is 0.333 e. The summed E-state index contributed by atoms with van der Waals surface area (Å²) in [6.45, 7) is 13.2. The Balaban J connectivity index is -0.000000186. The van der Waals surface area contributed by atoms with Gasteiger partial charge in [-0.25, -0.2) is 4.79 Å². The average molecular weight is 733 g/mol. The van der Waals surface area contributed by atoms with Crippen molar-refractivity contribution in [3.05, 3.63) is 11.6 Å². The summed E-state index contributed by atoms with van der Waals surface area (Å²) in [5.41, 5.74) is 21.2. The van der Waals surface area contributed by atoms with Crippen molar-refractivity contribution < 1.29 is 38.6 Å². The largest absolute Gasteiger partial charge is 0.429 e. The number of aliphatic hydroxyl groups excluding tert-OH is 1. The van der Waals surface area contributed by atoms with Crippen LogP contribution in [-0.2, 0) is 33.5 Å². The van der Waals surface area contributed by atoms with Crippen LogP contribution in [0, 0.1) is 11.8 Å². The van der Waals surface area contributed by atoms with Crippen LogP contribution in [0.15, 0.2) is 11.6 Å². The van der Waals surface area contributed by atoms with Crippen LogP contribution in [0.5, 0.6) is 0 Å². The van der Waals surface area contributed by atoms with Crippen LogP contribution >= 0.6 is 0 Å². The minimum absolute atomic E-state index is 0. The Morgan fingerprint density at radius 1 is 0.725 bits per heavy atom. The molecule has 2 saturated heterocycles. The van der Waals surface area contributed by atoms with Crippen molar-refractivity contribution in [3.63, 3.8) is 0 Å². The molecule has 302 valence electrons. The first kappa shape index (κ1) is 56.8. The van der Waals surface area contributed by atoms with E-state index < -0.39 is 36.3 Å². The second kappa shape index (κ2) is 30.1. The number of hydrogen-bond acceptors (Lipinski definition) is 9. The first-order valence-corrected chi connectivity index (χ1v) is 16.9. The SMILES string of the molecule is C.C.C.C.CCCC1=CC(=O)OC1O.CCC[C@@H]1CC(=O)N([C@@H](CC)C(N)=O)C1.CCC[C@H]1CC(=O)N([C@@H](CC)C(N)=O)C1.CC[C@H](N)C(N)=O. The molecule has 0 aromatic rings. The molecule has 0 aromatic carbocycles. The van der Waals surface area contributed by atoms with E-state index >= 15 is 0 Å². The van der Waals surface area contributed by atoms with E-state index in [0.29, 0.717) is 62.6 Å². The third-order valence-electron chi connectivity index (χ3n) is 8.25. The van der Waals surface area contributed by atoms with Crippen molar-refractivity contribution in [1.82, 2.24) is 9.80 Å². The Morgan fingerprint density at radius 2 is 1.12 bits per heavy atom.